The van der Waals surface area contributed by atoms with Gasteiger partial charge in [-0.15, -0.1) is 0 Å². The third kappa shape index (κ3) is 25.8. The van der Waals surface area contributed by atoms with E-state index in [2.05, 4.69) is 23.6 Å². The van der Waals surface area contributed by atoms with Gasteiger partial charge in [-0.05, 0) is 27.6 Å². The van der Waals surface area contributed by atoms with Crippen molar-refractivity contribution < 1.29 is 0 Å². The number of hydrogen-bond donors (Lipinski definition) is 3. The van der Waals surface area contributed by atoms with Gasteiger partial charge in [0.2, 0.25) is 0 Å². The Bertz CT molecular complexity index is 20.9. The fourth-order valence-corrected chi connectivity index (χ4v) is 0.722. The van der Waals surface area contributed by atoms with Crippen LogP contribution in [-0.4, -0.2) is 21.1 Å². The molecule has 1 aliphatic rings. The molecule has 71 valence electrons. The maximum Gasteiger partial charge on any atom is -0.0195 e. The van der Waals surface area contributed by atoms with Crippen molar-refractivity contribution >= 4 is 0 Å². The molecule has 1 radical (unpaired) electrons. The first kappa shape index (κ1) is 17.1. The molecule has 1 fully saturated rings. The maximum atomic E-state index is 4.50. The Balaban J connectivity index is -0.0000000933. The molecule has 6 N–H and O–H groups in total. The van der Waals surface area contributed by atoms with Gasteiger partial charge < -0.3 is 17.2 Å². The highest BCUT2D eigenvalue weighted by Gasteiger charge is 1.95. The second-order valence-electron chi connectivity index (χ2n) is 1.57. The first-order valence-corrected chi connectivity index (χ1v) is 4.05. The third-order valence-corrected chi connectivity index (χ3v) is 1.07. The van der Waals surface area contributed by atoms with Crippen LogP contribution in [0.1, 0.15) is 25.7 Å². The highest BCUT2D eigenvalue weighted by molar-refractivity contribution is 4.71. The first-order chi connectivity index (χ1) is 5.50. The quantitative estimate of drug-likeness (QED) is 0.485. The monoisotopic (exact) mass is 162 g/mol. The smallest absolute Gasteiger partial charge is 0.0195 e. The topological polar surface area (TPSA) is 78.1 Å². The lowest BCUT2D eigenvalue weighted by molar-refractivity contribution is 0.886. The van der Waals surface area contributed by atoms with Crippen molar-refractivity contribution in [3.05, 3.63) is 6.42 Å². The van der Waals surface area contributed by atoms with E-state index < -0.39 is 0 Å². The Morgan fingerprint density at radius 1 is 0.727 bits per heavy atom. The number of rotatable bonds is 0. The zero-order valence-corrected chi connectivity index (χ0v) is 8.14. The lowest BCUT2D eigenvalue weighted by Gasteiger charge is -1.67. The van der Waals surface area contributed by atoms with Gasteiger partial charge in [0.15, 0.2) is 0 Å². The van der Waals surface area contributed by atoms with Gasteiger partial charge in [-0.2, -0.15) is 0 Å². The van der Waals surface area contributed by atoms with Gasteiger partial charge in [-0.3, -0.25) is 0 Å². The van der Waals surface area contributed by atoms with Gasteiger partial charge >= 0.3 is 0 Å². The Hall–Kier alpha value is -0.120. The van der Waals surface area contributed by atoms with E-state index in [4.69, 9.17) is 0 Å². The van der Waals surface area contributed by atoms with E-state index in [1.54, 1.807) is 0 Å². The Morgan fingerprint density at radius 2 is 1.00 bits per heavy atom. The molecule has 3 heteroatoms. The molecule has 0 spiro atoms. The minimum Gasteiger partial charge on any atom is -0.333 e. The van der Waals surface area contributed by atoms with Crippen LogP contribution in [0, 0.1) is 6.42 Å². The first-order valence-electron chi connectivity index (χ1n) is 4.05. The van der Waals surface area contributed by atoms with Crippen LogP contribution in [0.5, 0.6) is 0 Å². The van der Waals surface area contributed by atoms with Crippen molar-refractivity contribution in [3.8, 4) is 0 Å². The summed E-state index contributed by atoms with van der Waals surface area (Å²) in [7, 11) is 4.50. The fraction of sp³-hybridized carbons (Fsp3) is 0.875. The van der Waals surface area contributed by atoms with Crippen molar-refractivity contribution in [2.75, 3.05) is 21.1 Å². The van der Waals surface area contributed by atoms with Crippen molar-refractivity contribution in [2.24, 2.45) is 17.2 Å². The van der Waals surface area contributed by atoms with Crippen LogP contribution in [0.25, 0.3) is 0 Å². The average Bonchev–Trinajstić information content (AvgIpc) is 2.71. The van der Waals surface area contributed by atoms with Crippen molar-refractivity contribution in [1.29, 1.82) is 0 Å². The molecular formula is C8H24N3. The largest absolute Gasteiger partial charge is 0.333 e. The van der Waals surface area contributed by atoms with Crippen LogP contribution < -0.4 is 17.2 Å². The average molecular weight is 162 g/mol. The Kier molecular flexibility index (Phi) is 50.9. The summed E-state index contributed by atoms with van der Waals surface area (Å²) in [5, 5.41) is 0. The summed E-state index contributed by atoms with van der Waals surface area (Å²) in [6.45, 7) is 0. The van der Waals surface area contributed by atoms with Crippen molar-refractivity contribution in [1.82, 2.24) is 0 Å². The molecule has 1 rings (SSSR count). The van der Waals surface area contributed by atoms with Gasteiger partial charge in [0.1, 0.15) is 0 Å². The summed E-state index contributed by atoms with van der Waals surface area (Å²) in [6, 6.07) is 0. The van der Waals surface area contributed by atoms with Crippen LogP contribution in [-0.2, 0) is 0 Å². The summed E-state index contributed by atoms with van der Waals surface area (Å²) in [6.07, 6.45) is 8.00. The normalized spacial score (nSPS) is 12.5. The predicted octanol–water partition coefficient (Wildman–Crippen LogP) is 0.489. The minimum absolute atomic E-state index is 1.38. The summed E-state index contributed by atoms with van der Waals surface area (Å²) in [5.41, 5.74) is 13.5. The maximum absolute atomic E-state index is 4.50. The molecule has 0 aliphatic heterocycles. The third-order valence-electron chi connectivity index (χ3n) is 1.07. The highest BCUT2D eigenvalue weighted by Crippen LogP contribution is 2.13. The zero-order chi connectivity index (χ0) is 9.54. The predicted molar refractivity (Wildman–Crippen MR) is 53.1 cm³/mol. The highest BCUT2D eigenvalue weighted by atomic mass is 14.4. The van der Waals surface area contributed by atoms with Gasteiger partial charge in [0, 0.05) is 0 Å². The number of nitrogens with two attached hydrogens (primary N) is 3. The van der Waals surface area contributed by atoms with E-state index in [0.29, 0.717) is 0 Å². The molecule has 0 amide bonds. The van der Waals surface area contributed by atoms with E-state index in [-0.39, 0.29) is 0 Å². The lowest BCUT2D eigenvalue weighted by atomic mass is 10.4. The van der Waals surface area contributed by atoms with E-state index in [9.17, 15) is 0 Å². The van der Waals surface area contributed by atoms with E-state index in [1.807, 2.05) is 0 Å². The van der Waals surface area contributed by atoms with Crippen LogP contribution in [0.2, 0.25) is 0 Å². The fourth-order valence-electron chi connectivity index (χ4n) is 0.722. The molecule has 0 aromatic heterocycles. The van der Waals surface area contributed by atoms with E-state index >= 15 is 0 Å². The Morgan fingerprint density at radius 3 is 1.09 bits per heavy atom. The van der Waals surface area contributed by atoms with Crippen LogP contribution in [0.3, 0.4) is 0 Å². The lowest BCUT2D eigenvalue weighted by Crippen LogP contribution is -1.69. The van der Waals surface area contributed by atoms with Crippen molar-refractivity contribution in [2.45, 2.75) is 25.7 Å². The van der Waals surface area contributed by atoms with Crippen molar-refractivity contribution in [3.63, 3.8) is 0 Å². The molecule has 0 saturated heterocycles. The zero-order valence-electron chi connectivity index (χ0n) is 8.14. The van der Waals surface area contributed by atoms with Crippen LogP contribution in [0.4, 0.5) is 0 Å². The summed E-state index contributed by atoms with van der Waals surface area (Å²) in [4.78, 5) is 0. The molecule has 0 aromatic rings. The molecule has 0 heterocycles. The SMILES string of the molecule is CN.CN.CN.[CH]1CCCC1. The van der Waals surface area contributed by atoms with Crippen LogP contribution >= 0.6 is 0 Å². The molecule has 11 heavy (non-hydrogen) atoms. The molecule has 3 nitrogen and oxygen atoms in total. The van der Waals surface area contributed by atoms with Gasteiger partial charge in [-0.1, -0.05) is 25.7 Å². The van der Waals surface area contributed by atoms with Gasteiger partial charge in [-0.25, -0.2) is 0 Å². The minimum atomic E-state index is 1.38. The molecule has 0 unspecified atom stereocenters. The van der Waals surface area contributed by atoms with Gasteiger partial charge in [0.05, 0.1) is 0 Å². The van der Waals surface area contributed by atoms with Crippen LogP contribution in [0.15, 0.2) is 0 Å². The van der Waals surface area contributed by atoms with Gasteiger partial charge in [0.25, 0.3) is 0 Å². The molecular weight excluding hydrogens is 138 g/mol. The summed E-state index contributed by atoms with van der Waals surface area (Å²) >= 11 is 0. The number of hydrogen-bond acceptors (Lipinski definition) is 3. The molecule has 1 aliphatic carbocycles. The standard InChI is InChI=1S/C5H9.3CH5N/c1-2-4-5-3-1;3*1-2/h1H,2-5H2;3*2H2,1H3. The molecule has 0 bridgehead atoms. The van der Waals surface area contributed by atoms with E-state index in [0.717, 1.165) is 0 Å². The van der Waals surface area contributed by atoms with E-state index in [1.165, 1.54) is 46.8 Å². The molecule has 0 aromatic carbocycles. The second kappa shape index (κ2) is 32.7. The molecule has 1 saturated carbocycles. The Labute approximate surface area is 71.3 Å². The second-order valence-corrected chi connectivity index (χ2v) is 1.57. The molecule has 0 atom stereocenters. The summed E-state index contributed by atoms with van der Waals surface area (Å²) < 4.78 is 0. The summed E-state index contributed by atoms with van der Waals surface area (Å²) in [5.74, 6) is 0.